The number of carbonyl (C=O) groups excluding carboxylic acids is 1. The minimum atomic E-state index is -0.432. The lowest BCUT2D eigenvalue weighted by molar-refractivity contribution is 0.0937. The average molecular weight is 285 g/mol. The third-order valence-electron chi connectivity index (χ3n) is 3.24. The molecule has 6 heteroatoms. The van der Waals surface area contributed by atoms with Gasteiger partial charge < -0.3 is 5.32 Å². The molecule has 1 amide bonds. The summed E-state index contributed by atoms with van der Waals surface area (Å²) in [4.78, 5) is 27.1. The van der Waals surface area contributed by atoms with Crippen molar-refractivity contribution in [2.75, 3.05) is 0 Å². The van der Waals surface area contributed by atoms with Crippen molar-refractivity contribution < 1.29 is 4.79 Å². The van der Waals surface area contributed by atoms with Gasteiger partial charge in [-0.05, 0) is 12.5 Å². The molecule has 21 heavy (non-hydrogen) atoms. The van der Waals surface area contributed by atoms with E-state index >= 15 is 0 Å². The Labute approximate surface area is 121 Å². The van der Waals surface area contributed by atoms with Gasteiger partial charge in [0, 0.05) is 0 Å². The summed E-state index contributed by atoms with van der Waals surface area (Å²) in [6.07, 6.45) is 1.35. The van der Waals surface area contributed by atoms with Crippen LogP contribution in [0.25, 0.3) is 0 Å². The monoisotopic (exact) mass is 285 g/mol. The maximum atomic E-state index is 12.2. The Morgan fingerprint density at radius 2 is 2.05 bits per heavy atom. The quantitative estimate of drug-likeness (QED) is 0.608. The van der Waals surface area contributed by atoms with E-state index in [1.807, 2.05) is 37.3 Å². The van der Waals surface area contributed by atoms with E-state index in [-0.39, 0.29) is 11.6 Å². The van der Waals surface area contributed by atoms with E-state index in [0.29, 0.717) is 5.62 Å². The summed E-state index contributed by atoms with van der Waals surface area (Å²) in [7, 11) is 1.53. The molecule has 0 fully saturated rings. The molecule has 0 aliphatic carbocycles. The van der Waals surface area contributed by atoms with Gasteiger partial charge in [-0.1, -0.05) is 30.3 Å². The molecule has 0 aliphatic rings. The number of aromatic amines is 1. The molecule has 1 aromatic carbocycles. The number of carbonyl (C=O) groups is 1. The second-order valence-electron chi connectivity index (χ2n) is 4.65. The minimum absolute atomic E-state index is 0.0349. The third-order valence-corrected chi connectivity index (χ3v) is 3.24. The maximum Gasteiger partial charge on any atom is 0.452 e. The highest BCUT2D eigenvalue weighted by molar-refractivity contribution is 5.93. The summed E-state index contributed by atoms with van der Waals surface area (Å²) in [5, 5.41) is 2.80. The van der Waals surface area contributed by atoms with Crippen LogP contribution in [0.3, 0.4) is 0 Å². The Bertz CT molecular complexity index is 798. The zero-order chi connectivity index (χ0) is 15.4. The predicted octanol–water partition coefficient (Wildman–Crippen LogP) is -0.127. The summed E-state index contributed by atoms with van der Waals surface area (Å²) in [6, 6.07) is 9.34. The van der Waals surface area contributed by atoms with Gasteiger partial charge in [-0.25, -0.2) is 9.78 Å². The molecule has 0 aliphatic heterocycles. The van der Waals surface area contributed by atoms with Gasteiger partial charge >= 0.3 is 11.2 Å². The van der Waals surface area contributed by atoms with Crippen LogP contribution >= 0.6 is 0 Å². The Kier molecular flexibility index (Phi) is 4.21. The summed E-state index contributed by atoms with van der Waals surface area (Å²) in [5.74, 6) is -0.432. The fourth-order valence-electron chi connectivity index (χ4n) is 1.99. The number of aromatic nitrogens is 2. The number of benzene rings is 1. The van der Waals surface area contributed by atoms with E-state index in [2.05, 4.69) is 21.7 Å². The second-order valence-corrected chi connectivity index (χ2v) is 4.65. The van der Waals surface area contributed by atoms with Gasteiger partial charge in [-0.15, -0.1) is 0 Å². The molecule has 1 atom stereocenters. The molecule has 0 radical (unpaired) electrons. The van der Waals surface area contributed by atoms with Crippen LogP contribution in [0, 0.1) is 0 Å². The smallest absolute Gasteiger partial charge is 0.345 e. The van der Waals surface area contributed by atoms with Gasteiger partial charge in [-0.3, -0.25) is 9.46 Å². The largest absolute Gasteiger partial charge is 0.452 e. The van der Waals surface area contributed by atoms with Gasteiger partial charge in [0.05, 0.1) is 19.3 Å². The zero-order valence-corrected chi connectivity index (χ0v) is 12.0. The van der Waals surface area contributed by atoms with Crippen LogP contribution in [0.15, 0.2) is 41.3 Å². The van der Waals surface area contributed by atoms with Crippen molar-refractivity contribution in [2.24, 2.45) is 7.05 Å². The molecule has 1 heterocycles. The number of nitrogens with one attached hydrogen (secondary N) is 2. The molecule has 108 valence electrons. The van der Waals surface area contributed by atoms with Crippen LogP contribution in [0.5, 0.6) is 0 Å². The second kappa shape index (κ2) is 6.07. The molecule has 0 spiro atoms. The Morgan fingerprint density at radius 1 is 1.38 bits per heavy atom. The minimum Gasteiger partial charge on any atom is -0.345 e. The molecule has 0 saturated carbocycles. The predicted molar refractivity (Wildman–Crippen MR) is 80.7 cm³/mol. The number of nitrogens with zero attached hydrogens (tertiary/aromatic N) is 2. The molecular formula is C15H17N4O2+. The topological polar surface area (TPSA) is 81.0 Å². The fourth-order valence-corrected chi connectivity index (χ4v) is 1.99. The first-order valence-electron chi connectivity index (χ1n) is 6.49. The number of rotatable bonds is 3. The third kappa shape index (κ3) is 3.01. The summed E-state index contributed by atoms with van der Waals surface area (Å²) in [5.41, 5.74) is 0.880. The van der Waals surface area contributed by atoms with Crippen molar-refractivity contribution in [3.05, 3.63) is 63.6 Å². The first kappa shape index (κ1) is 14.6. The van der Waals surface area contributed by atoms with Crippen molar-refractivity contribution >= 4 is 12.6 Å². The van der Waals surface area contributed by atoms with E-state index in [4.69, 9.17) is 0 Å². The molecule has 0 bridgehead atoms. The molecule has 0 saturated heterocycles. The SMILES string of the molecule is C=[N+]=c1[nH]cc(C(=O)NC(C)c2ccccc2)c(=O)n1C. The van der Waals surface area contributed by atoms with Gasteiger partial charge in [0.1, 0.15) is 6.72 Å². The molecule has 6 nitrogen and oxygen atoms in total. The highest BCUT2D eigenvalue weighted by Crippen LogP contribution is 2.11. The zero-order valence-electron chi connectivity index (χ0n) is 12.0. The Balaban J connectivity index is 2.28. The highest BCUT2D eigenvalue weighted by Gasteiger charge is 2.18. The van der Waals surface area contributed by atoms with Crippen LogP contribution < -0.4 is 21.2 Å². The Hall–Kier alpha value is -2.85. The standard InChI is InChI=1S/C15H16N4O2/c1-10(11-7-5-4-6-8-11)18-13(20)12-9-17-15(16-2)19(3)14(12)21/h4-10H,2H2,1,3H3,(H,18,20)/p+1. The Morgan fingerprint density at radius 3 is 2.67 bits per heavy atom. The summed E-state index contributed by atoms with van der Waals surface area (Å²) < 4.78 is 4.91. The van der Waals surface area contributed by atoms with Gasteiger partial charge in [0.15, 0.2) is 5.56 Å². The average Bonchev–Trinajstić information content (AvgIpc) is 2.50. The number of amides is 1. The molecule has 1 aromatic heterocycles. The van der Waals surface area contributed by atoms with Crippen molar-refractivity contribution in [1.82, 2.24) is 19.5 Å². The maximum absolute atomic E-state index is 12.2. The molecule has 1 unspecified atom stereocenters. The first-order chi connectivity index (χ1) is 10.0. The molecule has 2 N–H and O–H groups in total. The van der Waals surface area contributed by atoms with Gasteiger partial charge in [0.25, 0.3) is 5.91 Å². The van der Waals surface area contributed by atoms with Crippen molar-refractivity contribution in [3.8, 4) is 0 Å². The van der Waals surface area contributed by atoms with Crippen LogP contribution in [0.1, 0.15) is 28.9 Å². The fraction of sp³-hybridized carbons (Fsp3) is 0.200. The molecular weight excluding hydrogens is 268 g/mol. The van der Waals surface area contributed by atoms with Gasteiger partial charge in [-0.2, -0.15) is 4.57 Å². The summed E-state index contributed by atoms with van der Waals surface area (Å²) >= 11 is 0. The summed E-state index contributed by atoms with van der Waals surface area (Å²) in [6.45, 7) is 5.22. The van der Waals surface area contributed by atoms with E-state index < -0.39 is 11.5 Å². The molecule has 2 rings (SSSR count). The molecule has 2 aromatic rings. The van der Waals surface area contributed by atoms with E-state index in [0.717, 1.165) is 5.56 Å². The van der Waals surface area contributed by atoms with Gasteiger partial charge in [0.2, 0.25) is 0 Å². The lowest BCUT2D eigenvalue weighted by atomic mass is 10.1. The van der Waals surface area contributed by atoms with E-state index in [1.54, 1.807) is 0 Å². The normalized spacial score (nSPS) is 11.5. The van der Waals surface area contributed by atoms with Crippen LogP contribution in [-0.2, 0) is 7.05 Å². The number of hydrogen-bond donors (Lipinski definition) is 2. The van der Waals surface area contributed by atoms with E-state index in [9.17, 15) is 9.59 Å². The lowest BCUT2D eigenvalue weighted by Gasteiger charge is -2.13. The lowest BCUT2D eigenvalue weighted by Crippen LogP contribution is -2.41. The first-order valence-corrected chi connectivity index (χ1v) is 6.49. The van der Waals surface area contributed by atoms with Crippen molar-refractivity contribution in [1.29, 1.82) is 0 Å². The van der Waals surface area contributed by atoms with Crippen LogP contribution in [0.2, 0.25) is 0 Å². The van der Waals surface area contributed by atoms with Crippen molar-refractivity contribution in [3.63, 3.8) is 0 Å². The highest BCUT2D eigenvalue weighted by atomic mass is 16.2. The number of hydrogen-bond acceptors (Lipinski definition) is 2. The van der Waals surface area contributed by atoms with Crippen LogP contribution in [0.4, 0.5) is 0 Å². The van der Waals surface area contributed by atoms with Crippen LogP contribution in [-0.4, -0.2) is 22.2 Å². The van der Waals surface area contributed by atoms with Crippen molar-refractivity contribution in [2.45, 2.75) is 13.0 Å². The number of H-pyrrole nitrogens is 1. The van der Waals surface area contributed by atoms with E-state index in [1.165, 1.54) is 17.8 Å².